The smallest absolute Gasteiger partial charge is 0.311 e. The second-order valence-electron chi connectivity index (χ2n) is 11.6. The van der Waals surface area contributed by atoms with Gasteiger partial charge in [-0.2, -0.15) is 5.10 Å². The average molecular weight is 532 g/mol. The van der Waals surface area contributed by atoms with Gasteiger partial charge in [-0.25, -0.2) is 4.98 Å². The molecule has 208 valence electrons. The Morgan fingerprint density at radius 3 is 2.97 bits per heavy atom. The van der Waals surface area contributed by atoms with Crippen LogP contribution in [0.5, 0.6) is 0 Å². The second kappa shape index (κ2) is 12.0. The first-order valence-corrected chi connectivity index (χ1v) is 14.9. The van der Waals surface area contributed by atoms with Crippen molar-refractivity contribution in [3.05, 3.63) is 53.3 Å². The van der Waals surface area contributed by atoms with Crippen molar-refractivity contribution in [3.63, 3.8) is 0 Å². The molecular formula is C31H41N5O3. The van der Waals surface area contributed by atoms with Crippen LogP contribution in [0.3, 0.4) is 0 Å². The van der Waals surface area contributed by atoms with E-state index in [0.29, 0.717) is 13.0 Å². The number of anilines is 1. The lowest BCUT2D eigenvalue weighted by molar-refractivity contribution is -0.139. The Morgan fingerprint density at radius 2 is 2.10 bits per heavy atom. The molecule has 8 heteroatoms. The summed E-state index contributed by atoms with van der Waals surface area (Å²) < 4.78 is 8.27. The number of carboxylic acids is 1. The zero-order chi connectivity index (χ0) is 26.6. The largest absolute Gasteiger partial charge is 0.481 e. The predicted octanol–water partition coefficient (Wildman–Crippen LogP) is 4.87. The highest BCUT2D eigenvalue weighted by molar-refractivity contribution is 5.88. The summed E-state index contributed by atoms with van der Waals surface area (Å²) in [6.07, 6.45) is 11.7. The van der Waals surface area contributed by atoms with Gasteiger partial charge in [-0.1, -0.05) is 18.2 Å². The number of aliphatic carboxylic acids is 1. The van der Waals surface area contributed by atoms with Crippen molar-refractivity contribution in [3.8, 4) is 0 Å². The minimum absolute atomic E-state index is 0.163. The first-order chi connectivity index (χ1) is 19.1. The molecule has 1 aliphatic carbocycles. The molecule has 3 aromatic rings. The first-order valence-electron chi connectivity index (χ1n) is 14.9. The minimum Gasteiger partial charge on any atom is -0.481 e. The Kier molecular flexibility index (Phi) is 8.11. The first kappa shape index (κ1) is 26.3. The fourth-order valence-electron chi connectivity index (χ4n) is 6.19. The van der Waals surface area contributed by atoms with Crippen LogP contribution in [-0.4, -0.2) is 69.6 Å². The van der Waals surface area contributed by atoms with E-state index in [4.69, 9.17) is 14.8 Å². The number of aryl methyl sites for hydroxylation is 2. The molecule has 0 amide bonds. The molecular weight excluding hydrogens is 490 g/mol. The van der Waals surface area contributed by atoms with Crippen LogP contribution in [0.25, 0.3) is 10.9 Å². The molecule has 4 heterocycles. The molecule has 3 aliphatic rings. The van der Waals surface area contributed by atoms with Gasteiger partial charge in [0.1, 0.15) is 5.82 Å². The topological polar surface area (TPSA) is 92.5 Å². The van der Waals surface area contributed by atoms with Crippen LogP contribution in [0.15, 0.2) is 36.5 Å². The van der Waals surface area contributed by atoms with Crippen molar-refractivity contribution < 1.29 is 14.6 Å². The van der Waals surface area contributed by atoms with Crippen LogP contribution in [0, 0.1) is 5.92 Å². The summed E-state index contributed by atoms with van der Waals surface area (Å²) in [6.45, 7) is 5.45. The van der Waals surface area contributed by atoms with Crippen molar-refractivity contribution >= 4 is 22.7 Å². The van der Waals surface area contributed by atoms with Gasteiger partial charge in [0, 0.05) is 43.5 Å². The highest BCUT2D eigenvalue weighted by Crippen LogP contribution is 2.32. The number of aromatic nitrogens is 3. The van der Waals surface area contributed by atoms with E-state index in [9.17, 15) is 9.90 Å². The summed E-state index contributed by atoms with van der Waals surface area (Å²) in [5, 5.41) is 19.2. The zero-order valence-corrected chi connectivity index (χ0v) is 22.9. The molecule has 2 atom stereocenters. The lowest BCUT2D eigenvalue weighted by Gasteiger charge is -2.32. The van der Waals surface area contributed by atoms with E-state index in [1.807, 2.05) is 29.1 Å². The number of pyridine rings is 1. The second-order valence-corrected chi connectivity index (χ2v) is 11.6. The number of nitrogens with one attached hydrogen (secondary N) is 1. The number of fused-ring (bicyclic) bond motifs is 2. The van der Waals surface area contributed by atoms with Gasteiger partial charge in [-0.05, 0) is 100 Å². The molecule has 0 spiro atoms. The molecule has 39 heavy (non-hydrogen) atoms. The standard InChI is InChI=1S/C31H41N5O3/c37-31(38)27(26-8-1-9-29-28(26)21-36(34-29)19-22-10-11-22)14-18-39-25-7-4-17-35(20-25)16-3-6-24-13-12-23-5-2-15-32-30(23)33-24/h1,8-9,12-13,21-22,25,27H,2-7,10-11,14-20H2,(H,32,33)(H,37,38)/t25-,27-/m1/s1. The minimum atomic E-state index is -0.794. The van der Waals surface area contributed by atoms with E-state index in [1.54, 1.807) is 0 Å². The number of likely N-dealkylation sites (tertiary alicyclic amines) is 1. The summed E-state index contributed by atoms with van der Waals surface area (Å²) in [5.41, 5.74) is 4.24. The van der Waals surface area contributed by atoms with Gasteiger partial charge in [0.15, 0.2) is 0 Å². The van der Waals surface area contributed by atoms with Crippen molar-refractivity contribution in [2.45, 2.75) is 76.4 Å². The summed E-state index contributed by atoms with van der Waals surface area (Å²) in [6, 6.07) is 10.3. The molecule has 8 nitrogen and oxygen atoms in total. The van der Waals surface area contributed by atoms with Crippen LogP contribution >= 0.6 is 0 Å². The van der Waals surface area contributed by atoms with E-state index in [-0.39, 0.29) is 6.10 Å². The third-order valence-corrected chi connectivity index (χ3v) is 8.53. The molecule has 1 saturated heterocycles. The van der Waals surface area contributed by atoms with Crippen LogP contribution < -0.4 is 5.32 Å². The Balaban J connectivity index is 0.987. The van der Waals surface area contributed by atoms with Crippen molar-refractivity contribution in [2.24, 2.45) is 5.92 Å². The van der Waals surface area contributed by atoms with Gasteiger partial charge in [-0.15, -0.1) is 0 Å². The van der Waals surface area contributed by atoms with E-state index < -0.39 is 11.9 Å². The third kappa shape index (κ3) is 6.61. The van der Waals surface area contributed by atoms with E-state index >= 15 is 0 Å². The Morgan fingerprint density at radius 1 is 1.18 bits per heavy atom. The number of ether oxygens (including phenoxy) is 1. The Bertz CT molecular complexity index is 1290. The third-order valence-electron chi connectivity index (χ3n) is 8.53. The van der Waals surface area contributed by atoms with Crippen LogP contribution in [-0.2, 0) is 28.9 Å². The van der Waals surface area contributed by atoms with Crippen LogP contribution in [0.4, 0.5) is 5.82 Å². The highest BCUT2D eigenvalue weighted by Gasteiger charge is 2.26. The number of benzene rings is 1. The highest BCUT2D eigenvalue weighted by atomic mass is 16.5. The fourth-order valence-corrected chi connectivity index (χ4v) is 6.19. The normalized spacial score (nSPS) is 20.5. The molecule has 2 fully saturated rings. The molecule has 2 aromatic heterocycles. The van der Waals surface area contributed by atoms with E-state index in [1.165, 1.54) is 30.5 Å². The number of carboxylic acid groups (broad SMARTS) is 1. The quantitative estimate of drug-likeness (QED) is 0.344. The molecule has 0 radical (unpaired) electrons. The SMILES string of the molecule is O=C(O)[C@H](CCO[C@@H]1CCCN(CCCc2ccc3c(n2)NCCC3)C1)c1cccc2nn(CC3CC3)cc12. The van der Waals surface area contributed by atoms with Gasteiger partial charge in [0.05, 0.1) is 17.5 Å². The van der Waals surface area contributed by atoms with Gasteiger partial charge < -0.3 is 20.1 Å². The van der Waals surface area contributed by atoms with Gasteiger partial charge in [0.25, 0.3) is 0 Å². The number of rotatable bonds is 12. The molecule has 0 bridgehead atoms. The number of piperidine rings is 1. The number of hydrogen-bond donors (Lipinski definition) is 2. The summed E-state index contributed by atoms with van der Waals surface area (Å²) in [4.78, 5) is 19.6. The monoisotopic (exact) mass is 531 g/mol. The van der Waals surface area contributed by atoms with E-state index in [2.05, 4.69) is 22.3 Å². The molecule has 1 aromatic carbocycles. The van der Waals surface area contributed by atoms with Crippen molar-refractivity contribution in [1.29, 1.82) is 0 Å². The van der Waals surface area contributed by atoms with Crippen LogP contribution in [0.1, 0.15) is 67.7 Å². The van der Waals surface area contributed by atoms with E-state index in [0.717, 1.165) is 93.0 Å². The maximum atomic E-state index is 12.3. The lowest BCUT2D eigenvalue weighted by Crippen LogP contribution is -2.40. The van der Waals surface area contributed by atoms with Crippen molar-refractivity contribution in [1.82, 2.24) is 19.7 Å². The Labute approximate surface area is 230 Å². The molecule has 0 unspecified atom stereocenters. The molecule has 2 aliphatic heterocycles. The summed E-state index contributed by atoms with van der Waals surface area (Å²) in [7, 11) is 0. The van der Waals surface area contributed by atoms with Crippen LogP contribution in [0.2, 0.25) is 0 Å². The maximum Gasteiger partial charge on any atom is 0.311 e. The summed E-state index contributed by atoms with van der Waals surface area (Å²) >= 11 is 0. The number of hydrogen-bond acceptors (Lipinski definition) is 6. The lowest BCUT2D eigenvalue weighted by atomic mass is 9.93. The Hall–Kier alpha value is -2.97. The molecule has 1 saturated carbocycles. The maximum absolute atomic E-state index is 12.3. The van der Waals surface area contributed by atoms with Crippen molar-refractivity contribution in [2.75, 3.05) is 38.1 Å². The molecule has 2 N–H and O–H groups in total. The zero-order valence-electron chi connectivity index (χ0n) is 22.9. The summed E-state index contributed by atoms with van der Waals surface area (Å²) in [5.74, 6) is 0.412. The average Bonchev–Trinajstić information content (AvgIpc) is 3.66. The fraction of sp³-hybridized carbons (Fsp3) is 0.581. The number of nitrogens with zero attached hydrogens (tertiary/aromatic N) is 4. The van der Waals surface area contributed by atoms with Gasteiger partial charge in [-0.3, -0.25) is 9.48 Å². The van der Waals surface area contributed by atoms with Gasteiger partial charge >= 0.3 is 5.97 Å². The molecule has 6 rings (SSSR count). The number of carbonyl (C=O) groups is 1. The van der Waals surface area contributed by atoms with Gasteiger partial charge in [0.2, 0.25) is 0 Å². The predicted molar refractivity (Wildman–Crippen MR) is 152 cm³/mol.